The van der Waals surface area contributed by atoms with Crippen molar-refractivity contribution in [2.75, 3.05) is 20.2 Å². The lowest BCUT2D eigenvalue weighted by atomic mass is 9.94. The van der Waals surface area contributed by atoms with Crippen LogP contribution in [-0.2, 0) is 4.79 Å². The van der Waals surface area contributed by atoms with E-state index >= 15 is 0 Å². The average Bonchev–Trinajstić information content (AvgIpc) is 2.63. The molecule has 4 heteroatoms. The van der Waals surface area contributed by atoms with Gasteiger partial charge in [-0.25, -0.2) is 0 Å². The number of carbonyl (C=O) groups excluding carboxylic acids is 1. The molecule has 0 spiro atoms. The molecule has 0 aromatic carbocycles. The standard InChI is InChI=1S/C10H20N2O2/c1-12(7-4-8-13)10(9(11)14)5-2-3-6-10/h13H,2-8H2,1H3,(H2,11,14). The Balaban J connectivity index is 2.62. The molecule has 1 amide bonds. The molecule has 1 rings (SSSR count). The van der Waals surface area contributed by atoms with Gasteiger partial charge < -0.3 is 10.8 Å². The van der Waals surface area contributed by atoms with E-state index in [0.29, 0.717) is 6.42 Å². The van der Waals surface area contributed by atoms with E-state index in [-0.39, 0.29) is 12.5 Å². The summed E-state index contributed by atoms with van der Waals surface area (Å²) in [5, 5.41) is 8.74. The summed E-state index contributed by atoms with van der Waals surface area (Å²) in [4.78, 5) is 13.5. The summed E-state index contributed by atoms with van der Waals surface area (Å²) in [5.41, 5.74) is 5.03. The predicted octanol–water partition coefficient (Wildman–Crippen LogP) is 0.0987. The van der Waals surface area contributed by atoms with Crippen molar-refractivity contribution in [3.05, 3.63) is 0 Å². The van der Waals surface area contributed by atoms with Crippen molar-refractivity contribution < 1.29 is 9.90 Å². The second-order valence-electron chi connectivity index (χ2n) is 4.10. The number of likely N-dealkylation sites (N-methyl/N-ethyl adjacent to an activating group) is 1. The van der Waals surface area contributed by atoms with Crippen LogP contribution in [-0.4, -0.2) is 41.7 Å². The van der Waals surface area contributed by atoms with Gasteiger partial charge in [0, 0.05) is 13.2 Å². The molecule has 4 nitrogen and oxygen atoms in total. The number of nitrogens with two attached hydrogens (primary N) is 1. The summed E-state index contributed by atoms with van der Waals surface area (Å²) in [6.45, 7) is 0.901. The Bertz CT molecular complexity index is 200. The first-order valence-corrected chi connectivity index (χ1v) is 5.25. The number of amides is 1. The van der Waals surface area contributed by atoms with Crippen LogP contribution in [0.4, 0.5) is 0 Å². The summed E-state index contributed by atoms with van der Waals surface area (Å²) < 4.78 is 0. The largest absolute Gasteiger partial charge is 0.396 e. The number of primary amides is 1. The lowest BCUT2D eigenvalue weighted by Gasteiger charge is -2.35. The molecular weight excluding hydrogens is 180 g/mol. The summed E-state index contributed by atoms with van der Waals surface area (Å²) >= 11 is 0. The van der Waals surface area contributed by atoms with E-state index in [4.69, 9.17) is 10.8 Å². The second-order valence-corrected chi connectivity index (χ2v) is 4.10. The third-order valence-corrected chi connectivity index (χ3v) is 3.27. The number of aliphatic hydroxyl groups is 1. The molecule has 1 aliphatic rings. The molecule has 14 heavy (non-hydrogen) atoms. The third-order valence-electron chi connectivity index (χ3n) is 3.27. The Morgan fingerprint density at radius 3 is 2.50 bits per heavy atom. The quantitative estimate of drug-likeness (QED) is 0.661. The van der Waals surface area contributed by atoms with E-state index in [1.807, 2.05) is 11.9 Å². The van der Waals surface area contributed by atoms with Crippen molar-refractivity contribution in [3.8, 4) is 0 Å². The molecule has 0 bridgehead atoms. The summed E-state index contributed by atoms with van der Waals surface area (Å²) in [5.74, 6) is -0.213. The predicted molar refractivity (Wildman–Crippen MR) is 54.7 cm³/mol. The van der Waals surface area contributed by atoms with E-state index in [1.54, 1.807) is 0 Å². The number of aliphatic hydroxyl groups excluding tert-OH is 1. The van der Waals surface area contributed by atoms with Gasteiger partial charge >= 0.3 is 0 Å². The average molecular weight is 200 g/mol. The zero-order valence-corrected chi connectivity index (χ0v) is 8.83. The number of carbonyl (C=O) groups is 1. The fourth-order valence-electron chi connectivity index (χ4n) is 2.30. The van der Waals surface area contributed by atoms with E-state index in [9.17, 15) is 4.79 Å². The molecule has 0 saturated heterocycles. The van der Waals surface area contributed by atoms with Crippen LogP contribution < -0.4 is 5.73 Å². The Morgan fingerprint density at radius 1 is 1.50 bits per heavy atom. The minimum atomic E-state index is -0.435. The maximum absolute atomic E-state index is 11.4. The topological polar surface area (TPSA) is 66.6 Å². The third kappa shape index (κ3) is 2.07. The number of nitrogens with zero attached hydrogens (tertiary/aromatic N) is 1. The second kappa shape index (κ2) is 4.75. The maximum Gasteiger partial charge on any atom is 0.237 e. The number of hydrogen-bond donors (Lipinski definition) is 2. The van der Waals surface area contributed by atoms with Crippen LogP contribution in [0.25, 0.3) is 0 Å². The molecule has 0 aliphatic heterocycles. The maximum atomic E-state index is 11.4. The Labute approximate surface area is 85.1 Å². The van der Waals surface area contributed by atoms with Gasteiger partial charge in [-0.2, -0.15) is 0 Å². The van der Waals surface area contributed by atoms with Crippen molar-refractivity contribution in [2.45, 2.75) is 37.6 Å². The van der Waals surface area contributed by atoms with Crippen molar-refractivity contribution in [2.24, 2.45) is 5.73 Å². The van der Waals surface area contributed by atoms with Gasteiger partial charge in [0.05, 0.1) is 5.54 Å². The van der Waals surface area contributed by atoms with Crippen molar-refractivity contribution in [3.63, 3.8) is 0 Å². The highest BCUT2D eigenvalue weighted by atomic mass is 16.3. The highest BCUT2D eigenvalue weighted by molar-refractivity contribution is 5.84. The van der Waals surface area contributed by atoms with Crippen LogP contribution >= 0.6 is 0 Å². The van der Waals surface area contributed by atoms with Gasteiger partial charge in [0.25, 0.3) is 0 Å². The molecule has 0 radical (unpaired) electrons. The van der Waals surface area contributed by atoms with Gasteiger partial charge in [-0.1, -0.05) is 12.8 Å². The van der Waals surface area contributed by atoms with Gasteiger partial charge in [0.15, 0.2) is 0 Å². The smallest absolute Gasteiger partial charge is 0.237 e. The van der Waals surface area contributed by atoms with Gasteiger partial charge in [-0.15, -0.1) is 0 Å². The first-order chi connectivity index (χ1) is 6.63. The molecular formula is C10H20N2O2. The first-order valence-electron chi connectivity index (χ1n) is 5.25. The fraction of sp³-hybridized carbons (Fsp3) is 0.900. The van der Waals surface area contributed by atoms with E-state index in [1.165, 1.54) is 0 Å². The summed E-state index contributed by atoms with van der Waals surface area (Å²) in [6.07, 6.45) is 4.58. The van der Waals surface area contributed by atoms with Crippen LogP contribution in [0.1, 0.15) is 32.1 Å². The number of hydrogen-bond acceptors (Lipinski definition) is 3. The monoisotopic (exact) mass is 200 g/mol. The molecule has 3 N–H and O–H groups in total. The minimum absolute atomic E-state index is 0.166. The fourth-order valence-corrected chi connectivity index (χ4v) is 2.30. The summed E-state index contributed by atoms with van der Waals surface area (Å²) in [6, 6.07) is 0. The van der Waals surface area contributed by atoms with Crippen LogP contribution in [0, 0.1) is 0 Å². The summed E-state index contributed by atoms with van der Waals surface area (Å²) in [7, 11) is 1.92. The molecule has 0 aromatic rings. The lowest BCUT2D eigenvalue weighted by molar-refractivity contribution is -0.129. The molecule has 0 unspecified atom stereocenters. The van der Waals surface area contributed by atoms with Gasteiger partial charge in [0.2, 0.25) is 5.91 Å². The van der Waals surface area contributed by atoms with Crippen molar-refractivity contribution >= 4 is 5.91 Å². The number of rotatable bonds is 5. The van der Waals surface area contributed by atoms with Gasteiger partial charge in [-0.05, 0) is 26.3 Å². The van der Waals surface area contributed by atoms with Crippen LogP contribution in [0.3, 0.4) is 0 Å². The minimum Gasteiger partial charge on any atom is -0.396 e. The van der Waals surface area contributed by atoms with Crippen LogP contribution in [0.5, 0.6) is 0 Å². The zero-order valence-electron chi connectivity index (χ0n) is 8.83. The molecule has 1 aliphatic carbocycles. The lowest BCUT2D eigenvalue weighted by Crippen LogP contribution is -2.54. The first kappa shape index (κ1) is 11.5. The Morgan fingerprint density at radius 2 is 2.07 bits per heavy atom. The molecule has 0 heterocycles. The normalized spacial score (nSPS) is 20.2. The van der Waals surface area contributed by atoms with Gasteiger partial charge in [0.1, 0.15) is 0 Å². The van der Waals surface area contributed by atoms with Crippen LogP contribution in [0.2, 0.25) is 0 Å². The van der Waals surface area contributed by atoms with E-state index in [2.05, 4.69) is 0 Å². The SMILES string of the molecule is CN(CCCO)C1(C(N)=O)CCCC1. The van der Waals surface area contributed by atoms with E-state index in [0.717, 1.165) is 32.2 Å². The van der Waals surface area contributed by atoms with Crippen molar-refractivity contribution in [1.82, 2.24) is 4.90 Å². The van der Waals surface area contributed by atoms with Gasteiger partial charge in [-0.3, -0.25) is 9.69 Å². The highest BCUT2D eigenvalue weighted by Crippen LogP contribution is 2.34. The molecule has 1 fully saturated rings. The molecule has 0 aromatic heterocycles. The van der Waals surface area contributed by atoms with E-state index < -0.39 is 5.54 Å². The van der Waals surface area contributed by atoms with Crippen LogP contribution in [0.15, 0.2) is 0 Å². The Hall–Kier alpha value is -0.610. The van der Waals surface area contributed by atoms with Crippen molar-refractivity contribution in [1.29, 1.82) is 0 Å². The molecule has 1 saturated carbocycles. The molecule has 0 atom stereocenters. The molecule has 82 valence electrons. The highest BCUT2D eigenvalue weighted by Gasteiger charge is 2.42. The zero-order chi connectivity index (χ0) is 10.6. The Kier molecular flexibility index (Phi) is 3.89.